The van der Waals surface area contributed by atoms with Crippen LogP contribution in [0.15, 0.2) is 77.2 Å². The second kappa shape index (κ2) is 9.56. The fourth-order valence-corrected chi connectivity index (χ4v) is 4.06. The molecule has 150 valence electrons. The highest BCUT2D eigenvalue weighted by atomic mass is 32.2. The number of hydrogen-bond donors (Lipinski definition) is 0. The standard InChI is InChI=1S/C23H25N3O2S/c1-4-15-25(18-11-7-6-8-12-18)21(27)16-29-23-24-20-14-10-9-13-19(20)22(28)26(23)17(3)5-2/h4,6-14,17H,1,5,15-16H2,2-3H3/t17-/m0/s1. The van der Waals surface area contributed by atoms with Crippen molar-refractivity contribution in [3.8, 4) is 0 Å². The van der Waals surface area contributed by atoms with E-state index < -0.39 is 0 Å². The molecule has 0 saturated heterocycles. The molecule has 1 aromatic heterocycles. The van der Waals surface area contributed by atoms with Crippen LogP contribution in [0.2, 0.25) is 0 Å². The minimum Gasteiger partial charge on any atom is -0.308 e. The monoisotopic (exact) mass is 407 g/mol. The summed E-state index contributed by atoms with van der Waals surface area (Å²) in [6.07, 6.45) is 2.51. The fourth-order valence-electron chi connectivity index (χ4n) is 3.09. The molecule has 0 fully saturated rings. The fraction of sp³-hybridized carbons (Fsp3) is 0.261. The van der Waals surface area contributed by atoms with Gasteiger partial charge in [-0.1, -0.05) is 55.1 Å². The normalized spacial score (nSPS) is 11.9. The highest BCUT2D eigenvalue weighted by Gasteiger charge is 2.19. The number of anilines is 1. The summed E-state index contributed by atoms with van der Waals surface area (Å²) in [4.78, 5) is 32.4. The van der Waals surface area contributed by atoms with E-state index >= 15 is 0 Å². The van der Waals surface area contributed by atoms with E-state index in [0.29, 0.717) is 22.6 Å². The van der Waals surface area contributed by atoms with Gasteiger partial charge in [0.05, 0.1) is 16.7 Å². The Balaban J connectivity index is 1.92. The van der Waals surface area contributed by atoms with Crippen LogP contribution in [-0.2, 0) is 4.79 Å². The molecule has 1 amide bonds. The zero-order chi connectivity index (χ0) is 20.8. The number of carbonyl (C=O) groups is 1. The Morgan fingerprint density at radius 2 is 1.90 bits per heavy atom. The number of nitrogens with zero attached hydrogens (tertiary/aromatic N) is 3. The lowest BCUT2D eigenvalue weighted by Crippen LogP contribution is -2.33. The van der Waals surface area contributed by atoms with Crippen LogP contribution in [0.3, 0.4) is 0 Å². The number of hydrogen-bond acceptors (Lipinski definition) is 4. The topological polar surface area (TPSA) is 55.2 Å². The summed E-state index contributed by atoms with van der Waals surface area (Å²) in [6.45, 7) is 8.22. The van der Waals surface area contributed by atoms with Gasteiger partial charge in [0.15, 0.2) is 5.16 Å². The van der Waals surface area contributed by atoms with Gasteiger partial charge >= 0.3 is 0 Å². The maximum Gasteiger partial charge on any atom is 0.262 e. The number of benzene rings is 2. The van der Waals surface area contributed by atoms with E-state index in [1.54, 1.807) is 21.6 Å². The summed E-state index contributed by atoms with van der Waals surface area (Å²) < 4.78 is 1.71. The van der Waals surface area contributed by atoms with Crippen LogP contribution in [0.4, 0.5) is 5.69 Å². The molecule has 0 saturated carbocycles. The molecule has 0 aliphatic rings. The van der Waals surface area contributed by atoms with E-state index in [4.69, 9.17) is 4.98 Å². The quantitative estimate of drug-likeness (QED) is 0.309. The van der Waals surface area contributed by atoms with E-state index in [1.165, 1.54) is 11.8 Å². The molecule has 0 aliphatic carbocycles. The van der Waals surface area contributed by atoms with Gasteiger partial charge in [-0.2, -0.15) is 0 Å². The number of para-hydroxylation sites is 2. The van der Waals surface area contributed by atoms with Crippen LogP contribution < -0.4 is 10.5 Å². The molecule has 3 rings (SSSR count). The Kier molecular flexibility index (Phi) is 6.88. The Morgan fingerprint density at radius 1 is 1.21 bits per heavy atom. The summed E-state index contributed by atoms with van der Waals surface area (Å²) in [7, 11) is 0. The predicted molar refractivity (Wildman–Crippen MR) is 121 cm³/mol. The second-order valence-corrected chi connectivity index (χ2v) is 7.70. The molecule has 5 nitrogen and oxygen atoms in total. The molecule has 1 atom stereocenters. The van der Waals surface area contributed by atoms with Gasteiger partial charge in [0.1, 0.15) is 0 Å². The Bertz CT molecular complexity index is 1060. The summed E-state index contributed by atoms with van der Waals surface area (Å²) in [5.41, 5.74) is 1.41. The average Bonchev–Trinajstić information content (AvgIpc) is 2.76. The maximum absolute atomic E-state index is 13.1. The first-order chi connectivity index (χ1) is 14.1. The molecule has 0 spiro atoms. The Morgan fingerprint density at radius 3 is 2.59 bits per heavy atom. The van der Waals surface area contributed by atoms with Crippen molar-refractivity contribution in [2.45, 2.75) is 31.5 Å². The van der Waals surface area contributed by atoms with Crippen molar-refractivity contribution in [1.82, 2.24) is 9.55 Å². The first-order valence-corrected chi connectivity index (χ1v) is 10.7. The van der Waals surface area contributed by atoms with Gasteiger partial charge < -0.3 is 4.90 Å². The average molecular weight is 408 g/mol. The molecule has 2 aromatic carbocycles. The minimum atomic E-state index is -0.0640. The van der Waals surface area contributed by atoms with Crippen molar-refractivity contribution in [3.05, 3.63) is 77.6 Å². The van der Waals surface area contributed by atoms with Crippen molar-refractivity contribution in [1.29, 1.82) is 0 Å². The van der Waals surface area contributed by atoms with Crippen molar-refractivity contribution >= 4 is 34.3 Å². The number of rotatable bonds is 8. The van der Waals surface area contributed by atoms with E-state index in [2.05, 4.69) is 6.58 Å². The van der Waals surface area contributed by atoms with E-state index in [9.17, 15) is 9.59 Å². The largest absolute Gasteiger partial charge is 0.308 e. The SMILES string of the molecule is C=CCN(C(=O)CSc1nc2ccccc2c(=O)n1[C@@H](C)CC)c1ccccc1. The number of aromatic nitrogens is 2. The first kappa shape index (κ1) is 20.9. The predicted octanol–water partition coefficient (Wildman–Crippen LogP) is 4.68. The molecular formula is C23H25N3O2S. The summed E-state index contributed by atoms with van der Waals surface area (Å²) in [5, 5.41) is 1.17. The van der Waals surface area contributed by atoms with Crippen LogP contribution in [0.1, 0.15) is 26.3 Å². The molecule has 3 aromatic rings. The van der Waals surface area contributed by atoms with Gasteiger partial charge in [-0.15, -0.1) is 6.58 Å². The number of fused-ring (bicyclic) bond motifs is 1. The van der Waals surface area contributed by atoms with E-state index in [1.807, 2.05) is 62.4 Å². The van der Waals surface area contributed by atoms with E-state index in [-0.39, 0.29) is 23.3 Å². The van der Waals surface area contributed by atoms with Crippen LogP contribution in [0.25, 0.3) is 10.9 Å². The van der Waals surface area contributed by atoms with Gasteiger partial charge in [0.25, 0.3) is 5.56 Å². The van der Waals surface area contributed by atoms with Crippen LogP contribution >= 0.6 is 11.8 Å². The lowest BCUT2D eigenvalue weighted by Gasteiger charge is -2.22. The first-order valence-electron chi connectivity index (χ1n) is 9.67. The molecule has 0 bridgehead atoms. The van der Waals surface area contributed by atoms with E-state index in [0.717, 1.165) is 12.1 Å². The highest BCUT2D eigenvalue weighted by Crippen LogP contribution is 2.24. The maximum atomic E-state index is 13.1. The van der Waals surface area contributed by atoms with Crippen molar-refractivity contribution < 1.29 is 4.79 Å². The van der Waals surface area contributed by atoms with Gasteiger partial charge in [-0.3, -0.25) is 14.2 Å². The number of thioether (sulfide) groups is 1. The molecule has 0 N–H and O–H groups in total. The lowest BCUT2D eigenvalue weighted by atomic mass is 10.2. The van der Waals surface area contributed by atoms with Crippen LogP contribution in [0.5, 0.6) is 0 Å². The lowest BCUT2D eigenvalue weighted by molar-refractivity contribution is -0.116. The van der Waals surface area contributed by atoms with Gasteiger partial charge in [-0.05, 0) is 37.6 Å². The molecule has 0 unspecified atom stereocenters. The third-order valence-electron chi connectivity index (χ3n) is 4.81. The van der Waals surface area contributed by atoms with Crippen LogP contribution in [-0.4, -0.2) is 27.8 Å². The van der Waals surface area contributed by atoms with Gasteiger partial charge in [-0.25, -0.2) is 4.98 Å². The highest BCUT2D eigenvalue weighted by molar-refractivity contribution is 7.99. The molecule has 0 radical (unpaired) electrons. The zero-order valence-electron chi connectivity index (χ0n) is 16.7. The zero-order valence-corrected chi connectivity index (χ0v) is 17.6. The Labute approximate surface area is 175 Å². The summed E-state index contributed by atoms with van der Waals surface area (Å²) >= 11 is 1.30. The minimum absolute atomic E-state index is 0.00407. The van der Waals surface area contributed by atoms with Crippen molar-refractivity contribution in [2.75, 3.05) is 17.2 Å². The number of amides is 1. The third-order valence-corrected chi connectivity index (χ3v) is 5.75. The van der Waals surface area contributed by atoms with Crippen molar-refractivity contribution in [3.63, 3.8) is 0 Å². The van der Waals surface area contributed by atoms with Gasteiger partial charge in [0.2, 0.25) is 5.91 Å². The summed E-state index contributed by atoms with van der Waals surface area (Å²) in [5.74, 6) is 0.128. The second-order valence-electron chi connectivity index (χ2n) is 6.76. The summed E-state index contributed by atoms with van der Waals surface area (Å²) in [6, 6.07) is 16.8. The Hall–Kier alpha value is -2.86. The molecule has 29 heavy (non-hydrogen) atoms. The molecule has 6 heteroatoms. The van der Waals surface area contributed by atoms with Gasteiger partial charge in [0, 0.05) is 18.3 Å². The molecular weight excluding hydrogens is 382 g/mol. The molecule has 0 aliphatic heterocycles. The number of carbonyl (C=O) groups excluding carboxylic acids is 1. The van der Waals surface area contributed by atoms with Crippen molar-refractivity contribution in [2.24, 2.45) is 0 Å². The third kappa shape index (κ3) is 4.59. The molecule has 1 heterocycles. The smallest absolute Gasteiger partial charge is 0.262 e. The van der Waals surface area contributed by atoms with Crippen LogP contribution in [0, 0.1) is 0 Å².